The molecule has 37 heavy (non-hydrogen) atoms. The summed E-state index contributed by atoms with van der Waals surface area (Å²) < 4.78 is 46.5. The lowest BCUT2D eigenvalue weighted by Crippen LogP contribution is -2.38. The van der Waals surface area contributed by atoms with Gasteiger partial charge in [-0.3, -0.25) is 9.89 Å². The van der Waals surface area contributed by atoms with Gasteiger partial charge in [-0.05, 0) is 38.0 Å². The monoisotopic (exact) mass is 527 g/mol. The summed E-state index contributed by atoms with van der Waals surface area (Å²) in [6.45, 7) is 1.46. The molecule has 0 spiro atoms. The lowest BCUT2D eigenvalue weighted by Gasteiger charge is -2.28. The number of halogens is 1. The number of carbonyl (C=O) groups excluding carboxylic acids is 1. The minimum atomic E-state index is -4.03. The first-order valence-corrected chi connectivity index (χ1v) is 13.4. The molecule has 1 aromatic carbocycles. The Balaban J connectivity index is 1.27. The van der Waals surface area contributed by atoms with Crippen LogP contribution in [-0.2, 0) is 30.2 Å². The normalized spacial score (nSPS) is 18.3. The number of imidazole rings is 1. The number of nitrogens with zero attached hydrogens (tertiary/aromatic N) is 5. The minimum absolute atomic E-state index is 0.0283. The predicted molar refractivity (Wildman–Crippen MR) is 130 cm³/mol. The average Bonchev–Trinajstić information content (AvgIpc) is 3.29. The van der Waals surface area contributed by atoms with Crippen molar-refractivity contribution in [3.63, 3.8) is 0 Å². The number of nitrogens with one attached hydrogen (secondary N) is 2. The standard InChI is InChI=1S/C24H26FN7O4S/c1-13-21(37(35,36)31-10-14-8-28-29-22(14)20(33)11-31)7-19(30(13)2)24(34)26-9-16-17(25)5-6-18-23(16)32(12-27-18)15-3-4-15/h5-8,12,15,20,33H,3-4,9-11H2,1-2H3,(H,26,34)(H,28,29). The zero-order chi connectivity index (χ0) is 26.1. The third-order valence-electron chi connectivity index (χ3n) is 7.30. The second-order valence-electron chi connectivity index (χ2n) is 9.62. The van der Waals surface area contributed by atoms with Gasteiger partial charge in [-0.25, -0.2) is 17.8 Å². The number of benzene rings is 1. The zero-order valence-corrected chi connectivity index (χ0v) is 21.1. The van der Waals surface area contributed by atoms with Crippen LogP contribution in [0.5, 0.6) is 0 Å². The van der Waals surface area contributed by atoms with Crippen molar-refractivity contribution in [3.05, 3.63) is 64.7 Å². The van der Waals surface area contributed by atoms with Crippen LogP contribution < -0.4 is 5.32 Å². The number of aliphatic hydroxyl groups is 1. The molecule has 1 unspecified atom stereocenters. The van der Waals surface area contributed by atoms with Crippen LogP contribution in [0.15, 0.2) is 35.6 Å². The number of H-pyrrole nitrogens is 1. The first-order valence-electron chi connectivity index (χ1n) is 12.0. The van der Waals surface area contributed by atoms with E-state index in [0.717, 1.165) is 12.8 Å². The SMILES string of the molecule is Cc1c(S(=O)(=O)N2Cc3cn[nH]c3C(O)C2)cc(C(=O)NCc2c(F)ccc3ncn(C4CC4)c23)n1C. The number of aromatic amines is 1. The van der Waals surface area contributed by atoms with Gasteiger partial charge in [-0.2, -0.15) is 9.40 Å². The molecule has 1 aliphatic carbocycles. The topological polar surface area (TPSA) is 138 Å². The molecule has 3 N–H and O–H groups in total. The fraction of sp³-hybridized carbons (Fsp3) is 0.375. The summed E-state index contributed by atoms with van der Waals surface area (Å²) in [7, 11) is -2.42. The Morgan fingerprint density at radius 3 is 2.86 bits per heavy atom. The molecule has 1 atom stereocenters. The molecule has 1 aliphatic heterocycles. The summed E-state index contributed by atoms with van der Waals surface area (Å²) in [4.78, 5) is 17.5. The van der Waals surface area contributed by atoms with E-state index in [-0.39, 0.29) is 36.3 Å². The van der Waals surface area contributed by atoms with Crippen molar-refractivity contribution in [2.24, 2.45) is 7.05 Å². The van der Waals surface area contributed by atoms with Crippen LogP contribution in [0.4, 0.5) is 4.39 Å². The molecule has 4 aromatic rings. The van der Waals surface area contributed by atoms with Crippen LogP contribution in [0.2, 0.25) is 0 Å². The van der Waals surface area contributed by atoms with Crippen LogP contribution >= 0.6 is 0 Å². The number of sulfonamides is 1. The molecule has 1 amide bonds. The van der Waals surface area contributed by atoms with E-state index in [1.807, 2.05) is 4.57 Å². The van der Waals surface area contributed by atoms with Gasteiger partial charge in [0.15, 0.2) is 0 Å². The molecule has 13 heteroatoms. The summed E-state index contributed by atoms with van der Waals surface area (Å²) in [6.07, 6.45) is 4.17. The van der Waals surface area contributed by atoms with Crippen molar-refractivity contribution >= 4 is 27.0 Å². The summed E-state index contributed by atoms with van der Waals surface area (Å²) >= 11 is 0. The van der Waals surface area contributed by atoms with Gasteiger partial charge in [0.2, 0.25) is 10.0 Å². The maximum Gasteiger partial charge on any atom is 0.268 e. The molecule has 1 saturated carbocycles. The van der Waals surface area contributed by atoms with E-state index in [4.69, 9.17) is 0 Å². The number of aromatic nitrogens is 5. The Hall–Kier alpha value is -3.55. The maximum atomic E-state index is 14.8. The third kappa shape index (κ3) is 3.85. The lowest BCUT2D eigenvalue weighted by molar-refractivity contribution is 0.0942. The minimum Gasteiger partial charge on any atom is -0.385 e. The molecule has 6 rings (SSSR count). The van der Waals surface area contributed by atoms with Gasteiger partial charge in [0.25, 0.3) is 5.91 Å². The average molecular weight is 528 g/mol. The van der Waals surface area contributed by atoms with E-state index in [2.05, 4.69) is 20.5 Å². The van der Waals surface area contributed by atoms with Crippen molar-refractivity contribution in [2.75, 3.05) is 6.54 Å². The highest BCUT2D eigenvalue weighted by Crippen LogP contribution is 2.38. The summed E-state index contributed by atoms with van der Waals surface area (Å²) in [5.74, 6) is -0.972. The lowest BCUT2D eigenvalue weighted by atomic mass is 10.1. The van der Waals surface area contributed by atoms with Gasteiger partial charge < -0.3 is 19.6 Å². The Labute approximate surface area is 212 Å². The van der Waals surface area contributed by atoms with Gasteiger partial charge in [-0.15, -0.1) is 0 Å². The molecular formula is C24H26FN7O4S. The zero-order valence-electron chi connectivity index (χ0n) is 20.3. The van der Waals surface area contributed by atoms with E-state index in [1.54, 1.807) is 26.4 Å². The molecule has 3 aromatic heterocycles. The number of amides is 1. The number of aliphatic hydroxyl groups excluding tert-OH is 1. The van der Waals surface area contributed by atoms with Crippen molar-refractivity contribution in [1.29, 1.82) is 0 Å². The van der Waals surface area contributed by atoms with Crippen LogP contribution in [0.25, 0.3) is 11.0 Å². The van der Waals surface area contributed by atoms with Crippen LogP contribution in [0, 0.1) is 12.7 Å². The van der Waals surface area contributed by atoms with E-state index in [0.29, 0.717) is 33.5 Å². The molecule has 2 aliphatic rings. The van der Waals surface area contributed by atoms with Gasteiger partial charge in [0.05, 0.1) is 29.3 Å². The highest BCUT2D eigenvalue weighted by molar-refractivity contribution is 7.89. The maximum absolute atomic E-state index is 14.8. The third-order valence-corrected chi connectivity index (χ3v) is 9.22. The van der Waals surface area contributed by atoms with E-state index in [1.165, 1.54) is 27.2 Å². The first kappa shape index (κ1) is 23.8. The van der Waals surface area contributed by atoms with E-state index >= 15 is 0 Å². The molecule has 194 valence electrons. The molecular weight excluding hydrogens is 501 g/mol. The number of β-amino-alcohol motifs (C(OH)–C–C–N with tert-alkyl or cyclic N) is 1. The molecule has 4 heterocycles. The van der Waals surface area contributed by atoms with Gasteiger partial charge in [-0.1, -0.05) is 0 Å². The number of hydrogen-bond acceptors (Lipinski definition) is 6. The van der Waals surface area contributed by atoms with Crippen LogP contribution in [0.3, 0.4) is 0 Å². The van der Waals surface area contributed by atoms with E-state index in [9.17, 15) is 22.7 Å². The van der Waals surface area contributed by atoms with Crippen molar-refractivity contribution in [1.82, 2.24) is 33.9 Å². The Morgan fingerprint density at radius 2 is 2.11 bits per heavy atom. The first-order chi connectivity index (χ1) is 17.7. The predicted octanol–water partition coefficient (Wildman–Crippen LogP) is 2.05. The number of rotatable bonds is 6. The second kappa shape index (κ2) is 8.50. The van der Waals surface area contributed by atoms with Crippen molar-refractivity contribution in [2.45, 2.75) is 49.9 Å². The molecule has 11 nitrogen and oxygen atoms in total. The molecule has 0 bridgehead atoms. The largest absolute Gasteiger partial charge is 0.385 e. The van der Waals surface area contributed by atoms with Crippen LogP contribution in [-0.4, -0.2) is 54.6 Å². The highest BCUT2D eigenvalue weighted by Gasteiger charge is 2.36. The van der Waals surface area contributed by atoms with Gasteiger partial charge in [0.1, 0.15) is 22.5 Å². The molecule has 1 fully saturated rings. The highest BCUT2D eigenvalue weighted by atomic mass is 32.2. The van der Waals surface area contributed by atoms with E-state index < -0.39 is 27.9 Å². The van der Waals surface area contributed by atoms with Gasteiger partial charge in [0, 0.05) is 49.5 Å². The molecule has 0 radical (unpaired) electrons. The van der Waals surface area contributed by atoms with Crippen molar-refractivity contribution < 1.29 is 22.7 Å². The Bertz CT molecular complexity index is 1650. The summed E-state index contributed by atoms with van der Waals surface area (Å²) in [5, 5.41) is 19.7. The van der Waals surface area contributed by atoms with Gasteiger partial charge >= 0.3 is 0 Å². The fourth-order valence-electron chi connectivity index (χ4n) is 4.98. The fourth-order valence-corrected chi connectivity index (χ4v) is 6.67. The second-order valence-corrected chi connectivity index (χ2v) is 11.5. The number of carbonyl (C=O) groups is 1. The van der Waals surface area contributed by atoms with Crippen LogP contribution in [0.1, 0.15) is 58.0 Å². The summed E-state index contributed by atoms with van der Waals surface area (Å²) in [6, 6.07) is 4.57. The quantitative estimate of drug-likeness (QED) is 0.351. The number of hydrogen-bond donors (Lipinski definition) is 3. The smallest absolute Gasteiger partial charge is 0.268 e. The molecule has 0 saturated heterocycles. The summed E-state index contributed by atoms with van der Waals surface area (Å²) in [5.41, 5.74) is 3.25. The van der Waals surface area contributed by atoms with Crippen molar-refractivity contribution in [3.8, 4) is 0 Å². The number of fused-ring (bicyclic) bond motifs is 2. The Kier molecular flexibility index (Phi) is 5.47. The Morgan fingerprint density at radius 1 is 1.32 bits per heavy atom.